The molecule has 236 valence electrons. The maximum atomic E-state index is 13.7. The molecule has 4 heterocycles. The summed E-state index contributed by atoms with van der Waals surface area (Å²) in [7, 11) is -1.32. The number of nitrogens with one attached hydrogen (secondary N) is 1. The average molecular weight is 624 g/mol. The maximum Gasteiger partial charge on any atom is 0.332 e. The van der Waals surface area contributed by atoms with Crippen molar-refractivity contribution in [3.63, 3.8) is 0 Å². The highest BCUT2D eigenvalue weighted by Crippen LogP contribution is 2.24. The molecule has 3 aromatic heterocycles. The van der Waals surface area contributed by atoms with Gasteiger partial charge in [0.1, 0.15) is 24.5 Å². The van der Waals surface area contributed by atoms with Crippen LogP contribution in [0.2, 0.25) is 25.7 Å². The van der Waals surface area contributed by atoms with Crippen LogP contribution in [0.1, 0.15) is 32.3 Å². The van der Waals surface area contributed by atoms with Crippen LogP contribution in [0, 0.1) is 5.82 Å². The van der Waals surface area contributed by atoms with Crippen molar-refractivity contribution in [1.29, 1.82) is 0 Å². The number of imidazole rings is 1. The van der Waals surface area contributed by atoms with Gasteiger partial charge in [-0.3, -0.25) is 33.5 Å². The van der Waals surface area contributed by atoms with Gasteiger partial charge in [0.05, 0.1) is 24.0 Å². The van der Waals surface area contributed by atoms with E-state index in [4.69, 9.17) is 14.6 Å². The van der Waals surface area contributed by atoms with Crippen LogP contribution >= 0.6 is 0 Å². The first-order chi connectivity index (χ1) is 21.1. The molecule has 0 aliphatic carbocycles. The minimum atomic E-state index is -1.32. The maximum absolute atomic E-state index is 13.7. The number of benzene rings is 1. The van der Waals surface area contributed by atoms with E-state index in [2.05, 4.69) is 30.2 Å². The number of hydroxylamine groups is 1. The van der Waals surface area contributed by atoms with E-state index in [0.717, 1.165) is 23.7 Å². The van der Waals surface area contributed by atoms with Crippen molar-refractivity contribution in [3.8, 4) is 11.4 Å². The highest BCUT2D eigenvalue weighted by molar-refractivity contribution is 6.76. The lowest BCUT2D eigenvalue weighted by Gasteiger charge is -2.16. The minimum Gasteiger partial charge on any atom is -0.361 e. The summed E-state index contributed by atoms with van der Waals surface area (Å²) in [6, 6.07) is 7.38. The van der Waals surface area contributed by atoms with Gasteiger partial charge in [-0.05, 0) is 42.7 Å². The summed E-state index contributed by atoms with van der Waals surface area (Å²) in [5.74, 6) is 0.255. The van der Waals surface area contributed by atoms with Crippen LogP contribution in [0.4, 0.5) is 4.39 Å². The van der Waals surface area contributed by atoms with Gasteiger partial charge in [0.25, 0.3) is 5.56 Å². The summed E-state index contributed by atoms with van der Waals surface area (Å²) in [5.41, 5.74) is 5.52. The highest BCUT2D eigenvalue weighted by Gasteiger charge is 2.24. The Morgan fingerprint density at radius 2 is 1.77 bits per heavy atom. The summed E-state index contributed by atoms with van der Waals surface area (Å²) >= 11 is 0. The van der Waals surface area contributed by atoms with Crippen LogP contribution in [0.25, 0.3) is 22.6 Å². The first-order valence-corrected chi connectivity index (χ1v) is 19.0. The summed E-state index contributed by atoms with van der Waals surface area (Å²) in [6.45, 7) is 12.7. The second-order valence-electron chi connectivity index (χ2n) is 12.5. The Morgan fingerprint density at radius 3 is 2.48 bits per heavy atom. The molecule has 13 heteroatoms. The number of nitrogens with zero attached hydrogens (tertiary/aromatic N) is 6. The van der Waals surface area contributed by atoms with Crippen molar-refractivity contribution in [2.24, 2.45) is 0 Å². The zero-order chi connectivity index (χ0) is 31.4. The summed E-state index contributed by atoms with van der Waals surface area (Å²) < 4.78 is 25.9. The molecule has 44 heavy (non-hydrogen) atoms. The van der Waals surface area contributed by atoms with E-state index in [0.29, 0.717) is 61.6 Å². The molecule has 4 aromatic rings. The van der Waals surface area contributed by atoms with Crippen molar-refractivity contribution in [2.45, 2.75) is 91.3 Å². The van der Waals surface area contributed by atoms with Gasteiger partial charge in [-0.15, -0.1) is 0 Å². The SMILES string of the molecule is CCCn1c(=O)c2c(nc(-c3cnn(CC4=CC(Cc5ccc(F)cc5)ON4)c3)n2COCC[Si](C)(C)C)n(CCC)c1=O. The highest BCUT2D eigenvalue weighted by atomic mass is 28.3. The molecule has 11 nitrogen and oxygen atoms in total. The molecular weight excluding hydrogens is 581 g/mol. The van der Waals surface area contributed by atoms with Gasteiger partial charge in [-0.25, -0.2) is 14.2 Å². The fraction of sp³-hybridized carbons (Fsp3) is 0.484. The van der Waals surface area contributed by atoms with Crippen molar-refractivity contribution < 1.29 is 14.0 Å². The molecule has 0 amide bonds. The third kappa shape index (κ3) is 7.11. The van der Waals surface area contributed by atoms with Gasteiger partial charge in [0, 0.05) is 40.4 Å². The molecule has 0 fully saturated rings. The standard InChI is InChI=1S/C31H42FN7O4Si/c1-6-12-37-29-27(30(40)38(13-7-2)31(37)41)39(21-42-14-15-44(3,4)5)28(34-29)23-18-33-36(19-23)20-25-17-26(43-35-25)16-22-8-10-24(32)11-9-22/h8-11,17-19,26,35H,6-7,12-16,20-21H2,1-5H3. The molecule has 1 aliphatic heterocycles. The van der Waals surface area contributed by atoms with E-state index in [1.807, 2.05) is 26.1 Å². The number of ether oxygens (including phenoxy) is 1. The van der Waals surface area contributed by atoms with E-state index in [9.17, 15) is 14.0 Å². The number of halogens is 1. The quantitative estimate of drug-likeness (QED) is 0.162. The molecule has 0 bridgehead atoms. The number of hydrogen-bond donors (Lipinski definition) is 1. The predicted octanol–water partition coefficient (Wildman–Crippen LogP) is 4.52. The third-order valence-corrected chi connectivity index (χ3v) is 9.23. The first-order valence-electron chi connectivity index (χ1n) is 15.3. The Balaban J connectivity index is 1.46. The van der Waals surface area contributed by atoms with Gasteiger partial charge in [-0.1, -0.05) is 45.6 Å². The number of allylic oxidation sites excluding steroid dienone is 1. The molecule has 1 N–H and O–H groups in total. The molecule has 0 saturated carbocycles. The number of rotatable bonds is 14. The lowest BCUT2D eigenvalue weighted by molar-refractivity contribution is 0.0411. The van der Waals surface area contributed by atoms with Crippen LogP contribution in [0.3, 0.4) is 0 Å². The second kappa shape index (κ2) is 13.4. The summed E-state index contributed by atoms with van der Waals surface area (Å²) in [5, 5.41) is 4.56. The number of aromatic nitrogens is 6. The molecule has 0 spiro atoms. The van der Waals surface area contributed by atoms with Crippen molar-refractivity contribution in [1.82, 2.24) is 33.9 Å². The summed E-state index contributed by atoms with van der Waals surface area (Å²) in [6.07, 6.45) is 7.36. The topological polar surface area (TPSA) is 110 Å². The molecule has 1 aromatic carbocycles. The Morgan fingerprint density at radius 1 is 1.05 bits per heavy atom. The molecule has 0 radical (unpaired) electrons. The van der Waals surface area contributed by atoms with Crippen LogP contribution in [-0.4, -0.2) is 49.3 Å². The van der Waals surface area contributed by atoms with E-state index in [1.54, 1.807) is 32.1 Å². The number of hydrogen-bond acceptors (Lipinski definition) is 7. The van der Waals surface area contributed by atoms with Crippen molar-refractivity contribution in [2.75, 3.05) is 6.61 Å². The van der Waals surface area contributed by atoms with Crippen molar-refractivity contribution >= 4 is 19.2 Å². The van der Waals surface area contributed by atoms with Gasteiger partial charge < -0.3 is 4.74 Å². The Kier molecular flexibility index (Phi) is 9.66. The van der Waals surface area contributed by atoms with Crippen LogP contribution in [-0.2, 0) is 42.4 Å². The molecule has 1 atom stereocenters. The molecule has 1 unspecified atom stereocenters. The molecule has 5 rings (SSSR count). The second-order valence-corrected chi connectivity index (χ2v) is 18.1. The van der Waals surface area contributed by atoms with Crippen LogP contribution in [0.5, 0.6) is 0 Å². The van der Waals surface area contributed by atoms with E-state index in [1.165, 1.54) is 16.7 Å². The van der Waals surface area contributed by atoms with Gasteiger partial charge in [-0.2, -0.15) is 5.10 Å². The largest absolute Gasteiger partial charge is 0.361 e. The average Bonchev–Trinajstić information content (AvgIpc) is 3.71. The molecule has 1 aliphatic rings. The summed E-state index contributed by atoms with van der Waals surface area (Å²) in [4.78, 5) is 37.7. The zero-order valence-electron chi connectivity index (χ0n) is 26.2. The fourth-order valence-electron chi connectivity index (χ4n) is 5.24. The zero-order valence-corrected chi connectivity index (χ0v) is 27.2. The Bertz CT molecular complexity index is 1750. The first kappa shape index (κ1) is 31.6. The fourth-order valence-corrected chi connectivity index (χ4v) is 6.00. The number of fused-ring (bicyclic) bond motifs is 1. The van der Waals surface area contributed by atoms with Crippen LogP contribution < -0.4 is 16.7 Å². The predicted molar refractivity (Wildman–Crippen MR) is 170 cm³/mol. The van der Waals surface area contributed by atoms with E-state index in [-0.39, 0.29) is 29.9 Å². The molecular formula is C31H42FN7O4Si. The van der Waals surface area contributed by atoms with E-state index >= 15 is 0 Å². The lowest BCUT2D eigenvalue weighted by Crippen LogP contribution is -2.40. The lowest BCUT2D eigenvalue weighted by atomic mass is 10.1. The van der Waals surface area contributed by atoms with Gasteiger partial charge in [0.15, 0.2) is 11.2 Å². The Hall–Kier alpha value is -3.81. The van der Waals surface area contributed by atoms with Gasteiger partial charge >= 0.3 is 5.69 Å². The minimum absolute atomic E-state index is 0.138. The Labute approximate surface area is 256 Å². The number of aryl methyl sites for hydroxylation is 1. The smallest absolute Gasteiger partial charge is 0.332 e. The van der Waals surface area contributed by atoms with Crippen molar-refractivity contribution in [3.05, 3.63) is 80.7 Å². The normalized spacial score (nSPS) is 15.2. The van der Waals surface area contributed by atoms with Gasteiger partial charge in [0.2, 0.25) is 0 Å². The monoisotopic (exact) mass is 623 g/mol. The molecule has 0 saturated heterocycles. The van der Waals surface area contributed by atoms with Crippen LogP contribution in [0.15, 0.2) is 58.0 Å². The third-order valence-electron chi connectivity index (χ3n) is 7.53. The van der Waals surface area contributed by atoms with E-state index < -0.39 is 8.07 Å².